The summed E-state index contributed by atoms with van der Waals surface area (Å²) in [6.07, 6.45) is 3.01. The summed E-state index contributed by atoms with van der Waals surface area (Å²) >= 11 is 4.93. The lowest BCUT2D eigenvalue weighted by molar-refractivity contribution is 0.746. The number of thiazole rings is 1. The summed E-state index contributed by atoms with van der Waals surface area (Å²) in [6.45, 7) is 2.89. The molecule has 0 amide bonds. The van der Waals surface area contributed by atoms with Gasteiger partial charge in [0.15, 0.2) is 5.13 Å². The zero-order valence-corrected chi connectivity index (χ0v) is 11.6. The topological polar surface area (TPSA) is 42.7 Å². The Bertz CT molecular complexity index is 477. The number of anilines is 1. The molecule has 0 spiro atoms. The van der Waals surface area contributed by atoms with Crippen molar-refractivity contribution in [1.29, 1.82) is 0 Å². The molecule has 4 nitrogen and oxygen atoms in total. The quantitative estimate of drug-likeness (QED) is 0.944. The standard InChI is InChI=1S/C10H13BrN4S/c1-3-8-7(5-15(2)14-8)4-12-10-13-9(11)6-16-10/h5-6H,3-4H2,1-2H3,(H,12,13). The first-order chi connectivity index (χ1) is 7.69. The van der Waals surface area contributed by atoms with Gasteiger partial charge in [-0.05, 0) is 22.4 Å². The summed E-state index contributed by atoms with van der Waals surface area (Å²) in [6, 6.07) is 0. The van der Waals surface area contributed by atoms with E-state index in [1.807, 2.05) is 17.1 Å². The van der Waals surface area contributed by atoms with E-state index in [-0.39, 0.29) is 0 Å². The van der Waals surface area contributed by atoms with E-state index in [0.717, 1.165) is 28.4 Å². The Labute approximate surface area is 107 Å². The van der Waals surface area contributed by atoms with Crippen molar-refractivity contribution in [3.63, 3.8) is 0 Å². The highest BCUT2D eigenvalue weighted by Crippen LogP contribution is 2.20. The van der Waals surface area contributed by atoms with Gasteiger partial charge in [-0.3, -0.25) is 4.68 Å². The fourth-order valence-electron chi connectivity index (χ4n) is 1.54. The van der Waals surface area contributed by atoms with Gasteiger partial charge in [0.1, 0.15) is 4.60 Å². The molecule has 0 saturated carbocycles. The van der Waals surface area contributed by atoms with E-state index in [2.05, 4.69) is 44.4 Å². The second-order valence-electron chi connectivity index (χ2n) is 3.46. The van der Waals surface area contributed by atoms with Crippen LogP contribution in [0.15, 0.2) is 16.2 Å². The lowest BCUT2D eigenvalue weighted by atomic mass is 10.2. The van der Waals surface area contributed by atoms with Crippen LogP contribution in [-0.4, -0.2) is 14.8 Å². The molecule has 6 heteroatoms. The Morgan fingerprint density at radius 1 is 1.56 bits per heavy atom. The SMILES string of the molecule is CCc1nn(C)cc1CNc1nc(Br)cs1. The Hall–Kier alpha value is -0.880. The van der Waals surface area contributed by atoms with Crippen LogP contribution in [0.3, 0.4) is 0 Å². The number of hydrogen-bond acceptors (Lipinski definition) is 4. The van der Waals surface area contributed by atoms with Gasteiger partial charge in [0.2, 0.25) is 0 Å². The molecule has 86 valence electrons. The maximum atomic E-state index is 4.40. The minimum Gasteiger partial charge on any atom is -0.357 e. The van der Waals surface area contributed by atoms with Crippen LogP contribution in [-0.2, 0) is 20.0 Å². The first kappa shape index (κ1) is 11.6. The van der Waals surface area contributed by atoms with Gasteiger partial charge in [-0.1, -0.05) is 6.92 Å². The van der Waals surface area contributed by atoms with E-state index in [9.17, 15) is 0 Å². The molecule has 2 heterocycles. The number of halogens is 1. The molecular weight excluding hydrogens is 288 g/mol. The van der Waals surface area contributed by atoms with E-state index < -0.39 is 0 Å². The predicted molar refractivity (Wildman–Crippen MR) is 69.7 cm³/mol. The highest BCUT2D eigenvalue weighted by molar-refractivity contribution is 9.10. The van der Waals surface area contributed by atoms with Crippen LogP contribution < -0.4 is 5.32 Å². The van der Waals surface area contributed by atoms with Crippen molar-refractivity contribution in [2.75, 3.05) is 5.32 Å². The van der Waals surface area contributed by atoms with Crippen molar-refractivity contribution in [3.8, 4) is 0 Å². The van der Waals surface area contributed by atoms with Gasteiger partial charge in [-0.15, -0.1) is 11.3 Å². The molecule has 1 N–H and O–H groups in total. The average molecular weight is 301 g/mol. The molecule has 0 bridgehead atoms. The molecule has 2 aromatic rings. The maximum absolute atomic E-state index is 4.40. The number of rotatable bonds is 4. The molecule has 0 aromatic carbocycles. The fourth-order valence-corrected chi connectivity index (χ4v) is 2.68. The van der Waals surface area contributed by atoms with E-state index >= 15 is 0 Å². The largest absolute Gasteiger partial charge is 0.357 e. The van der Waals surface area contributed by atoms with E-state index in [4.69, 9.17) is 0 Å². The van der Waals surface area contributed by atoms with E-state index in [0.29, 0.717) is 0 Å². The summed E-state index contributed by atoms with van der Waals surface area (Å²) in [5.41, 5.74) is 2.38. The molecule has 16 heavy (non-hydrogen) atoms. The van der Waals surface area contributed by atoms with Crippen molar-refractivity contribution >= 4 is 32.4 Å². The van der Waals surface area contributed by atoms with E-state index in [1.165, 1.54) is 5.56 Å². The number of nitrogens with one attached hydrogen (secondary N) is 1. The van der Waals surface area contributed by atoms with Gasteiger partial charge in [0, 0.05) is 30.7 Å². The van der Waals surface area contributed by atoms with Gasteiger partial charge < -0.3 is 5.32 Å². The lowest BCUT2D eigenvalue weighted by Crippen LogP contribution is -2.00. The number of nitrogens with zero attached hydrogens (tertiary/aromatic N) is 3. The normalized spacial score (nSPS) is 10.7. The monoisotopic (exact) mass is 300 g/mol. The molecule has 0 aliphatic carbocycles. The third-order valence-electron chi connectivity index (χ3n) is 2.23. The first-order valence-corrected chi connectivity index (χ1v) is 6.72. The average Bonchev–Trinajstić information content (AvgIpc) is 2.81. The fraction of sp³-hybridized carbons (Fsp3) is 0.400. The Kier molecular flexibility index (Phi) is 3.60. The Balaban J connectivity index is 2.04. The molecule has 0 aliphatic rings. The molecule has 2 rings (SSSR count). The van der Waals surface area contributed by atoms with E-state index in [1.54, 1.807) is 11.3 Å². The van der Waals surface area contributed by atoms with Crippen LogP contribution in [0.2, 0.25) is 0 Å². The minimum absolute atomic E-state index is 0.775. The summed E-state index contributed by atoms with van der Waals surface area (Å²) in [4.78, 5) is 4.28. The molecule has 0 saturated heterocycles. The Morgan fingerprint density at radius 3 is 3.00 bits per heavy atom. The third kappa shape index (κ3) is 2.62. The van der Waals surface area contributed by atoms with Crippen LogP contribution in [0, 0.1) is 0 Å². The van der Waals surface area contributed by atoms with Gasteiger partial charge in [-0.25, -0.2) is 4.98 Å². The van der Waals surface area contributed by atoms with Gasteiger partial charge >= 0.3 is 0 Å². The molecule has 0 fully saturated rings. The van der Waals surface area contributed by atoms with Gasteiger partial charge in [-0.2, -0.15) is 5.10 Å². The third-order valence-corrected chi connectivity index (χ3v) is 3.74. The van der Waals surface area contributed by atoms with Crippen molar-refractivity contribution in [3.05, 3.63) is 27.4 Å². The second-order valence-corrected chi connectivity index (χ2v) is 5.13. The Morgan fingerprint density at radius 2 is 2.38 bits per heavy atom. The molecule has 0 radical (unpaired) electrons. The second kappa shape index (κ2) is 4.97. The lowest BCUT2D eigenvalue weighted by Gasteiger charge is -2.01. The molecule has 0 unspecified atom stereocenters. The summed E-state index contributed by atoms with van der Waals surface area (Å²) in [7, 11) is 1.95. The van der Waals surface area contributed by atoms with Crippen molar-refractivity contribution in [2.45, 2.75) is 19.9 Å². The minimum atomic E-state index is 0.775. The smallest absolute Gasteiger partial charge is 0.184 e. The summed E-state index contributed by atoms with van der Waals surface area (Å²) in [5, 5.41) is 10.6. The first-order valence-electron chi connectivity index (χ1n) is 5.05. The molecule has 0 atom stereocenters. The zero-order chi connectivity index (χ0) is 11.5. The predicted octanol–water partition coefficient (Wildman–Crippen LogP) is 2.81. The van der Waals surface area contributed by atoms with Gasteiger partial charge in [0.05, 0.1) is 5.69 Å². The van der Waals surface area contributed by atoms with Crippen molar-refractivity contribution in [1.82, 2.24) is 14.8 Å². The maximum Gasteiger partial charge on any atom is 0.184 e. The number of aromatic nitrogens is 3. The molecule has 0 aliphatic heterocycles. The summed E-state index contributed by atoms with van der Waals surface area (Å²) < 4.78 is 2.73. The van der Waals surface area contributed by atoms with Crippen LogP contribution >= 0.6 is 27.3 Å². The van der Waals surface area contributed by atoms with Crippen LogP contribution in [0.4, 0.5) is 5.13 Å². The zero-order valence-electron chi connectivity index (χ0n) is 9.20. The van der Waals surface area contributed by atoms with Crippen LogP contribution in [0.5, 0.6) is 0 Å². The van der Waals surface area contributed by atoms with Crippen LogP contribution in [0.1, 0.15) is 18.2 Å². The molecular formula is C10H13BrN4S. The van der Waals surface area contributed by atoms with Crippen molar-refractivity contribution in [2.24, 2.45) is 7.05 Å². The van der Waals surface area contributed by atoms with Gasteiger partial charge in [0.25, 0.3) is 0 Å². The number of aryl methyl sites for hydroxylation is 2. The highest BCUT2D eigenvalue weighted by Gasteiger charge is 2.06. The number of hydrogen-bond donors (Lipinski definition) is 1. The summed E-state index contributed by atoms with van der Waals surface area (Å²) in [5.74, 6) is 0. The van der Waals surface area contributed by atoms with Crippen molar-refractivity contribution < 1.29 is 0 Å². The highest BCUT2D eigenvalue weighted by atomic mass is 79.9. The van der Waals surface area contributed by atoms with Crippen LogP contribution in [0.25, 0.3) is 0 Å². The molecule has 2 aromatic heterocycles.